The predicted octanol–water partition coefficient (Wildman–Crippen LogP) is 3.16. The van der Waals surface area contributed by atoms with Crippen molar-refractivity contribution in [2.75, 3.05) is 35.3 Å². The van der Waals surface area contributed by atoms with Crippen LogP contribution in [0.1, 0.15) is 54.2 Å². The van der Waals surface area contributed by atoms with E-state index >= 15 is 0 Å². The highest BCUT2D eigenvalue weighted by Gasteiger charge is 2.63. The summed E-state index contributed by atoms with van der Waals surface area (Å²) in [5.74, 6) is -6.22. The Labute approximate surface area is 268 Å². The molecular weight excluding hydrogens is 590 g/mol. The molecule has 1 amide bonds. The fourth-order valence-corrected chi connectivity index (χ4v) is 7.56. The van der Waals surface area contributed by atoms with Crippen LogP contribution >= 0.6 is 0 Å². The van der Waals surface area contributed by atoms with E-state index in [-0.39, 0.29) is 29.7 Å². The zero-order valence-corrected chi connectivity index (χ0v) is 27.6. The second-order valence-electron chi connectivity index (χ2n) is 14.2. The third kappa shape index (κ3) is 4.88. The Balaban J connectivity index is 1.81. The molecule has 2 aromatic rings. The number of primary amides is 1. The number of methoxy groups -OCH3 is 1. The van der Waals surface area contributed by atoms with Crippen LogP contribution in [0.5, 0.6) is 11.5 Å². The number of fused-ring (bicyclic) bond motifs is 3. The van der Waals surface area contributed by atoms with Gasteiger partial charge in [-0.25, -0.2) is 0 Å². The topological polar surface area (TPSA) is 174 Å². The number of nitrogens with two attached hydrogens (primary N) is 1. The Bertz CT molecular complexity index is 1730. The Morgan fingerprint density at radius 1 is 1.07 bits per heavy atom. The molecule has 0 radical (unpaired) electrons. The molecule has 46 heavy (non-hydrogen) atoms. The van der Waals surface area contributed by atoms with Crippen molar-refractivity contribution in [1.82, 2.24) is 9.80 Å². The maximum atomic E-state index is 14.5. The molecule has 0 aliphatic heterocycles. The number of ether oxygens (including phenoxy) is 1. The van der Waals surface area contributed by atoms with Crippen molar-refractivity contribution in [2.45, 2.75) is 57.2 Å². The van der Waals surface area contributed by atoms with Crippen LogP contribution in [0.25, 0.3) is 11.1 Å². The number of Topliss-reactive ketones (excluding diaryl/α,β-unsaturated/α-hetero) is 2. The van der Waals surface area contributed by atoms with E-state index in [4.69, 9.17) is 10.5 Å². The molecule has 0 aromatic heterocycles. The molecule has 2 aromatic carbocycles. The zero-order valence-electron chi connectivity index (χ0n) is 27.6. The highest BCUT2D eigenvalue weighted by Crippen LogP contribution is 2.54. The van der Waals surface area contributed by atoms with Gasteiger partial charge < -0.3 is 35.8 Å². The van der Waals surface area contributed by atoms with Gasteiger partial charge in [0.25, 0.3) is 5.91 Å². The summed E-state index contributed by atoms with van der Waals surface area (Å²) in [6.07, 6.45) is 0.174. The van der Waals surface area contributed by atoms with Crippen LogP contribution in [0.15, 0.2) is 46.9 Å². The second kappa shape index (κ2) is 11.3. The lowest BCUT2D eigenvalue weighted by Gasteiger charge is -2.50. The number of likely N-dealkylation sites (N-methyl/N-ethyl adjacent to an activating group) is 1. The van der Waals surface area contributed by atoms with Crippen molar-refractivity contribution >= 4 is 17.5 Å². The maximum absolute atomic E-state index is 14.5. The number of aliphatic hydroxyl groups excluding tert-OH is 2. The summed E-state index contributed by atoms with van der Waals surface area (Å²) in [7, 11) is 8.69. The van der Waals surface area contributed by atoms with Gasteiger partial charge in [-0.15, -0.1) is 0 Å². The second-order valence-corrected chi connectivity index (χ2v) is 14.2. The first-order chi connectivity index (χ1) is 21.4. The van der Waals surface area contributed by atoms with Gasteiger partial charge in [0.05, 0.1) is 18.7 Å². The van der Waals surface area contributed by atoms with Gasteiger partial charge in [0.1, 0.15) is 28.6 Å². The average Bonchev–Trinajstić information content (AvgIpc) is 2.93. The number of hydrogen-bond donors (Lipinski definition) is 5. The summed E-state index contributed by atoms with van der Waals surface area (Å²) >= 11 is 0. The van der Waals surface area contributed by atoms with Gasteiger partial charge >= 0.3 is 0 Å². The van der Waals surface area contributed by atoms with Gasteiger partial charge in [-0.2, -0.15) is 0 Å². The monoisotopic (exact) mass is 633 g/mol. The molecule has 3 aliphatic carbocycles. The Morgan fingerprint density at radius 2 is 1.72 bits per heavy atom. The molecule has 0 spiro atoms. The van der Waals surface area contributed by atoms with Crippen LogP contribution in [0.3, 0.4) is 0 Å². The molecule has 3 aliphatic rings. The minimum atomic E-state index is -2.70. The summed E-state index contributed by atoms with van der Waals surface area (Å²) < 4.78 is 5.78. The van der Waals surface area contributed by atoms with E-state index < -0.39 is 63.5 Å². The highest BCUT2D eigenvalue weighted by molar-refractivity contribution is 6.25. The van der Waals surface area contributed by atoms with Gasteiger partial charge in [0.15, 0.2) is 11.4 Å². The number of hydrogen-bond acceptors (Lipinski definition) is 10. The predicted molar refractivity (Wildman–Crippen MR) is 172 cm³/mol. The van der Waals surface area contributed by atoms with E-state index in [0.29, 0.717) is 29.0 Å². The molecule has 246 valence electrons. The van der Waals surface area contributed by atoms with Crippen LogP contribution in [0.2, 0.25) is 0 Å². The van der Waals surface area contributed by atoms with Crippen molar-refractivity contribution < 1.29 is 39.5 Å². The standard InChI is InChI=1S/C35H43N3O8/c1-34(2,3)22-14-18(19-11-16(15-37(4)5)9-10-23(19)46-8)20-12-17-13-21-27(38(6)7)30(41)26(33(36)44)32(43)35(21,45)31(42)24(17)29(40)25(20)28(22)39/h9-11,14,17,21,27,39,41-42,45H,12-13,15H2,1-8H3,(H2,36,44). The number of allylic oxidation sites excluding steroid dienone is 1. The van der Waals surface area contributed by atoms with E-state index in [2.05, 4.69) is 0 Å². The molecular formula is C35H43N3O8. The normalized spacial score (nSPS) is 24.7. The van der Waals surface area contributed by atoms with Crippen LogP contribution < -0.4 is 10.5 Å². The van der Waals surface area contributed by atoms with E-state index in [1.165, 1.54) is 4.90 Å². The number of carbonyl (C=O) groups excluding carboxylic acids is 3. The molecule has 4 atom stereocenters. The third-order valence-corrected chi connectivity index (χ3v) is 9.58. The van der Waals surface area contributed by atoms with Crippen molar-refractivity contribution in [1.29, 1.82) is 0 Å². The van der Waals surface area contributed by atoms with Crippen LogP contribution in [0, 0.1) is 11.8 Å². The number of carbonyl (C=O) groups is 3. The fraction of sp³-hybridized carbons (Fsp3) is 0.457. The number of amides is 1. The fourth-order valence-electron chi connectivity index (χ4n) is 7.56. The average molecular weight is 634 g/mol. The Morgan fingerprint density at radius 3 is 2.26 bits per heavy atom. The van der Waals surface area contributed by atoms with Crippen LogP contribution in [-0.2, 0) is 28.0 Å². The lowest BCUT2D eigenvalue weighted by atomic mass is 9.58. The van der Waals surface area contributed by atoms with Crippen molar-refractivity contribution in [2.24, 2.45) is 17.6 Å². The number of phenolic OH excluding ortho intramolecular Hbond substituents is 1. The number of nitrogens with zero attached hydrogens (tertiary/aromatic N) is 2. The number of phenols is 1. The number of ketones is 2. The molecule has 0 bridgehead atoms. The largest absolute Gasteiger partial charge is 0.510 e. The molecule has 5 rings (SSSR count). The van der Waals surface area contributed by atoms with Crippen LogP contribution in [0.4, 0.5) is 0 Å². The minimum Gasteiger partial charge on any atom is -0.510 e. The van der Waals surface area contributed by atoms with Crippen molar-refractivity contribution in [3.63, 3.8) is 0 Å². The Kier molecular flexibility index (Phi) is 8.12. The number of aromatic hydroxyl groups is 1. The molecule has 6 N–H and O–H groups in total. The minimum absolute atomic E-state index is 0.00475. The Hall–Kier alpha value is -4.19. The molecule has 0 saturated heterocycles. The van der Waals surface area contributed by atoms with Crippen molar-refractivity contribution in [3.05, 3.63) is 69.2 Å². The van der Waals surface area contributed by atoms with E-state index in [1.807, 2.05) is 64.0 Å². The summed E-state index contributed by atoms with van der Waals surface area (Å²) in [5, 5.41) is 46.5. The first-order valence-corrected chi connectivity index (χ1v) is 15.2. The lowest BCUT2D eigenvalue weighted by Crippen LogP contribution is -2.63. The smallest absolute Gasteiger partial charge is 0.255 e. The SMILES string of the molecule is COc1ccc(CN(C)C)cc1-c1cc(C(C)(C)C)c(O)c2c1CC1CC3C(N(C)C)C(O)=C(C(N)=O)C(=O)C3(O)C(O)=C1C2=O. The molecule has 0 heterocycles. The summed E-state index contributed by atoms with van der Waals surface area (Å²) in [6, 6.07) is 6.65. The molecule has 11 heteroatoms. The molecule has 4 unspecified atom stereocenters. The van der Waals surface area contributed by atoms with Gasteiger partial charge in [-0.3, -0.25) is 19.3 Å². The summed E-state index contributed by atoms with van der Waals surface area (Å²) in [6.45, 7) is 6.37. The van der Waals surface area contributed by atoms with Crippen molar-refractivity contribution in [3.8, 4) is 22.6 Å². The van der Waals surface area contributed by atoms with Gasteiger partial charge in [0.2, 0.25) is 5.78 Å². The quantitative estimate of drug-likeness (QED) is 0.297. The van der Waals surface area contributed by atoms with E-state index in [1.54, 1.807) is 21.2 Å². The highest BCUT2D eigenvalue weighted by atomic mass is 16.5. The van der Waals surface area contributed by atoms with E-state index in [0.717, 1.165) is 11.1 Å². The first kappa shape index (κ1) is 33.2. The molecule has 0 saturated carbocycles. The summed E-state index contributed by atoms with van der Waals surface area (Å²) in [5.41, 5.74) is 4.54. The number of rotatable bonds is 6. The van der Waals surface area contributed by atoms with E-state index in [9.17, 15) is 34.8 Å². The summed E-state index contributed by atoms with van der Waals surface area (Å²) in [4.78, 5) is 44.0. The maximum Gasteiger partial charge on any atom is 0.255 e. The third-order valence-electron chi connectivity index (χ3n) is 9.58. The lowest BCUT2D eigenvalue weighted by molar-refractivity contribution is -0.148. The first-order valence-electron chi connectivity index (χ1n) is 15.2. The molecule has 0 fully saturated rings. The molecule has 11 nitrogen and oxygen atoms in total. The van der Waals surface area contributed by atoms with Gasteiger partial charge in [-0.1, -0.05) is 26.8 Å². The number of aliphatic hydroxyl groups is 3. The zero-order chi connectivity index (χ0) is 34.2. The van der Waals surface area contributed by atoms with Crippen LogP contribution in [-0.4, -0.2) is 94.6 Å². The van der Waals surface area contributed by atoms with Gasteiger partial charge in [-0.05, 0) is 87.3 Å². The van der Waals surface area contributed by atoms with Gasteiger partial charge in [0, 0.05) is 29.2 Å². The number of benzene rings is 2.